The van der Waals surface area contributed by atoms with Crippen LogP contribution in [0.25, 0.3) is 0 Å². The Labute approximate surface area is 62.8 Å². The molecular formula is C6H7ClFNO. The predicted molar refractivity (Wildman–Crippen MR) is 36.9 cm³/mol. The fraction of sp³-hybridized carbons (Fsp3) is 0.333. The number of halogens is 2. The van der Waals surface area contributed by atoms with Crippen molar-refractivity contribution in [1.29, 1.82) is 0 Å². The van der Waals surface area contributed by atoms with E-state index in [1.807, 2.05) is 0 Å². The summed E-state index contributed by atoms with van der Waals surface area (Å²) in [5.41, 5.74) is 5.02. The van der Waals surface area contributed by atoms with Crippen molar-refractivity contribution in [2.45, 2.75) is 11.5 Å². The summed E-state index contributed by atoms with van der Waals surface area (Å²) in [6.45, 7) is 0. The summed E-state index contributed by atoms with van der Waals surface area (Å²) in [6.07, 6.45) is 2.96. The quantitative estimate of drug-likeness (QED) is 0.524. The summed E-state index contributed by atoms with van der Waals surface area (Å²) in [5, 5.41) is 7.10. The van der Waals surface area contributed by atoms with Gasteiger partial charge in [0, 0.05) is 6.42 Å². The fourth-order valence-corrected chi connectivity index (χ4v) is 0.924. The van der Waals surface area contributed by atoms with E-state index in [0.717, 1.165) is 0 Å². The van der Waals surface area contributed by atoms with Crippen LogP contribution in [0.1, 0.15) is 6.42 Å². The Bertz CT molecular complexity index is 210. The topological polar surface area (TPSA) is 46.2 Å². The van der Waals surface area contributed by atoms with Gasteiger partial charge in [0.25, 0.3) is 0 Å². The Morgan fingerprint density at radius 3 is 2.80 bits per heavy atom. The molecule has 0 amide bonds. The average Bonchev–Trinajstić information content (AvgIpc) is 1.83. The standard InChI is InChI=1S/C6H7ClFNO/c7-6(10)3-1-2-4(9)5(6)8/h1-2,10H,3,9H2/t6-/m0/s1. The second-order valence-electron chi connectivity index (χ2n) is 2.14. The monoisotopic (exact) mass is 163 g/mol. The highest BCUT2D eigenvalue weighted by Gasteiger charge is 2.32. The molecule has 3 N–H and O–H groups in total. The Morgan fingerprint density at radius 2 is 2.40 bits per heavy atom. The Kier molecular flexibility index (Phi) is 1.70. The molecule has 4 heteroatoms. The van der Waals surface area contributed by atoms with Crippen LogP contribution in [0.5, 0.6) is 0 Å². The zero-order chi connectivity index (χ0) is 7.78. The van der Waals surface area contributed by atoms with Gasteiger partial charge in [-0.15, -0.1) is 0 Å². The molecule has 0 aromatic rings. The molecule has 0 saturated carbocycles. The molecule has 56 valence electrons. The van der Waals surface area contributed by atoms with Crippen LogP contribution < -0.4 is 5.73 Å². The minimum absolute atomic E-state index is 0.0566. The first-order chi connectivity index (χ1) is 4.54. The Morgan fingerprint density at radius 1 is 1.80 bits per heavy atom. The van der Waals surface area contributed by atoms with Crippen molar-refractivity contribution in [3.8, 4) is 0 Å². The average molecular weight is 164 g/mol. The van der Waals surface area contributed by atoms with Crippen LogP contribution in [0, 0.1) is 0 Å². The molecule has 1 atom stereocenters. The van der Waals surface area contributed by atoms with Crippen LogP contribution in [-0.2, 0) is 0 Å². The molecule has 0 fully saturated rings. The largest absolute Gasteiger partial charge is 0.397 e. The summed E-state index contributed by atoms with van der Waals surface area (Å²) < 4.78 is 12.7. The van der Waals surface area contributed by atoms with Gasteiger partial charge >= 0.3 is 0 Å². The van der Waals surface area contributed by atoms with Crippen molar-refractivity contribution in [2.75, 3.05) is 0 Å². The number of allylic oxidation sites excluding steroid dienone is 1. The van der Waals surface area contributed by atoms with E-state index >= 15 is 0 Å². The van der Waals surface area contributed by atoms with Crippen LogP contribution in [0.4, 0.5) is 4.39 Å². The maximum absolute atomic E-state index is 12.7. The lowest BCUT2D eigenvalue weighted by Gasteiger charge is -2.20. The first-order valence-electron chi connectivity index (χ1n) is 2.77. The predicted octanol–water partition coefficient (Wildman–Crippen LogP) is 1.01. The number of alkyl halides is 1. The van der Waals surface area contributed by atoms with Crippen LogP contribution >= 0.6 is 11.6 Å². The highest BCUT2D eigenvalue weighted by atomic mass is 35.5. The maximum atomic E-state index is 12.7. The molecule has 1 rings (SSSR count). The van der Waals surface area contributed by atoms with Crippen molar-refractivity contribution in [3.63, 3.8) is 0 Å². The van der Waals surface area contributed by atoms with Gasteiger partial charge in [0.15, 0.2) is 10.9 Å². The highest BCUT2D eigenvalue weighted by Crippen LogP contribution is 2.31. The zero-order valence-electron chi connectivity index (χ0n) is 5.14. The Balaban J connectivity index is 2.99. The molecule has 0 heterocycles. The molecule has 1 aliphatic rings. The summed E-state index contributed by atoms with van der Waals surface area (Å²) in [7, 11) is 0. The van der Waals surface area contributed by atoms with Crippen molar-refractivity contribution >= 4 is 11.6 Å². The van der Waals surface area contributed by atoms with E-state index < -0.39 is 10.9 Å². The van der Waals surface area contributed by atoms with E-state index in [1.165, 1.54) is 12.2 Å². The smallest absolute Gasteiger partial charge is 0.196 e. The van der Waals surface area contributed by atoms with Gasteiger partial charge in [-0.2, -0.15) is 0 Å². The second kappa shape index (κ2) is 2.25. The van der Waals surface area contributed by atoms with Gasteiger partial charge in [0.2, 0.25) is 0 Å². The number of nitrogens with two attached hydrogens (primary N) is 1. The van der Waals surface area contributed by atoms with Gasteiger partial charge in [-0.05, 0) is 6.08 Å². The van der Waals surface area contributed by atoms with Gasteiger partial charge in [-0.1, -0.05) is 17.7 Å². The molecule has 0 radical (unpaired) electrons. The van der Waals surface area contributed by atoms with Gasteiger partial charge in [-0.25, -0.2) is 4.39 Å². The maximum Gasteiger partial charge on any atom is 0.196 e. The summed E-state index contributed by atoms with van der Waals surface area (Å²) >= 11 is 5.31. The van der Waals surface area contributed by atoms with Gasteiger partial charge in [0.05, 0.1) is 5.70 Å². The van der Waals surface area contributed by atoms with E-state index in [0.29, 0.717) is 0 Å². The minimum Gasteiger partial charge on any atom is -0.397 e. The first kappa shape index (κ1) is 7.57. The Hall–Kier alpha value is -0.540. The molecule has 1 aliphatic carbocycles. The number of aliphatic hydroxyl groups is 1. The van der Waals surface area contributed by atoms with Crippen molar-refractivity contribution in [3.05, 3.63) is 23.7 Å². The van der Waals surface area contributed by atoms with Crippen LogP contribution in [0.2, 0.25) is 0 Å². The third kappa shape index (κ3) is 1.15. The van der Waals surface area contributed by atoms with Crippen molar-refractivity contribution in [1.82, 2.24) is 0 Å². The lowest BCUT2D eigenvalue weighted by molar-refractivity contribution is 0.139. The van der Waals surface area contributed by atoms with E-state index in [-0.39, 0.29) is 12.1 Å². The molecule has 0 spiro atoms. The molecule has 10 heavy (non-hydrogen) atoms. The van der Waals surface area contributed by atoms with Gasteiger partial charge in [-0.3, -0.25) is 0 Å². The van der Waals surface area contributed by atoms with E-state index in [9.17, 15) is 4.39 Å². The molecular weight excluding hydrogens is 157 g/mol. The normalized spacial score (nSPS) is 33.1. The minimum atomic E-state index is -1.92. The molecule has 0 aliphatic heterocycles. The fourth-order valence-electron chi connectivity index (χ4n) is 0.726. The lowest BCUT2D eigenvalue weighted by Crippen LogP contribution is -2.25. The summed E-state index contributed by atoms with van der Waals surface area (Å²) in [4.78, 5) is 0. The molecule has 2 nitrogen and oxygen atoms in total. The van der Waals surface area contributed by atoms with Gasteiger partial charge < -0.3 is 10.8 Å². The summed E-state index contributed by atoms with van der Waals surface area (Å²) in [5.74, 6) is -0.864. The highest BCUT2D eigenvalue weighted by molar-refractivity contribution is 6.24. The summed E-state index contributed by atoms with van der Waals surface area (Å²) in [6, 6.07) is 0. The van der Waals surface area contributed by atoms with Crippen LogP contribution in [-0.4, -0.2) is 10.2 Å². The lowest BCUT2D eigenvalue weighted by atomic mass is 10.1. The molecule has 0 bridgehead atoms. The van der Waals surface area contributed by atoms with Crippen molar-refractivity contribution < 1.29 is 9.50 Å². The van der Waals surface area contributed by atoms with Crippen LogP contribution in [0.3, 0.4) is 0 Å². The van der Waals surface area contributed by atoms with E-state index in [4.69, 9.17) is 22.4 Å². The second-order valence-corrected chi connectivity index (χ2v) is 2.76. The van der Waals surface area contributed by atoms with Crippen LogP contribution in [0.15, 0.2) is 23.7 Å². The van der Waals surface area contributed by atoms with Crippen molar-refractivity contribution in [2.24, 2.45) is 5.73 Å². The number of hydrogen-bond donors (Lipinski definition) is 2. The van der Waals surface area contributed by atoms with Gasteiger partial charge in [0.1, 0.15) is 0 Å². The number of hydrogen-bond acceptors (Lipinski definition) is 2. The third-order valence-electron chi connectivity index (χ3n) is 1.28. The molecule has 0 unspecified atom stereocenters. The zero-order valence-corrected chi connectivity index (χ0v) is 5.90. The first-order valence-corrected chi connectivity index (χ1v) is 3.15. The van der Waals surface area contributed by atoms with E-state index in [1.54, 1.807) is 0 Å². The third-order valence-corrected chi connectivity index (χ3v) is 1.60. The molecule has 0 aromatic carbocycles. The molecule has 0 aromatic heterocycles. The van der Waals surface area contributed by atoms with E-state index in [2.05, 4.69) is 0 Å². The number of rotatable bonds is 0. The SMILES string of the molecule is NC1=C(F)[C@](O)(Cl)CC=C1. The molecule has 0 saturated heterocycles.